The van der Waals surface area contributed by atoms with Gasteiger partial charge in [-0.2, -0.15) is 0 Å². The summed E-state index contributed by atoms with van der Waals surface area (Å²) in [5.41, 5.74) is 5.79. The van der Waals surface area contributed by atoms with E-state index in [0.29, 0.717) is 10.0 Å². The van der Waals surface area contributed by atoms with Crippen molar-refractivity contribution in [1.82, 2.24) is 0 Å². The predicted molar refractivity (Wildman–Crippen MR) is 67.1 cm³/mol. The average molecular weight is 309 g/mol. The maximum absolute atomic E-state index is 10.8. The number of hydrogen-bond donors (Lipinski definition) is 3. The molecule has 0 amide bonds. The lowest BCUT2D eigenvalue weighted by atomic mass is 10.0. The van der Waals surface area contributed by atoms with Crippen molar-refractivity contribution >= 4 is 34.3 Å². The number of rotatable bonds is 3. The molecule has 0 saturated heterocycles. The first-order valence-corrected chi connectivity index (χ1v) is 4.90. The monoisotopic (exact) mass is 307 g/mol. The molecule has 4 N–H and O–H groups in total. The van der Waals surface area contributed by atoms with Crippen LogP contribution in [-0.2, 0) is 0 Å². The number of carboxylic acid groups (broad SMARTS) is 1. The molecule has 0 radical (unpaired) electrons. The van der Waals surface area contributed by atoms with Gasteiger partial charge in [0.25, 0.3) is 0 Å². The Morgan fingerprint density at radius 2 is 2.12 bits per heavy atom. The van der Waals surface area contributed by atoms with Crippen LogP contribution in [0.3, 0.4) is 0 Å². The highest BCUT2D eigenvalue weighted by Gasteiger charge is 2.17. The Bertz CT molecular complexity index is 423. The molecule has 4 nitrogen and oxygen atoms in total. The van der Waals surface area contributed by atoms with Crippen LogP contribution < -0.4 is 5.73 Å². The molecule has 0 unspecified atom stereocenters. The summed E-state index contributed by atoms with van der Waals surface area (Å²) in [4.78, 5) is 10.8. The second kappa shape index (κ2) is 5.89. The van der Waals surface area contributed by atoms with Crippen molar-refractivity contribution in [1.29, 1.82) is 0 Å². The zero-order valence-corrected chi connectivity index (χ0v) is 10.6. The van der Waals surface area contributed by atoms with E-state index in [2.05, 4.69) is 22.5 Å². The first-order valence-electron chi connectivity index (χ1n) is 4.11. The van der Waals surface area contributed by atoms with Gasteiger partial charge in [0, 0.05) is 10.0 Å². The van der Waals surface area contributed by atoms with Crippen LogP contribution in [-0.4, -0.2) is 16.2 Å². The van der Waals surface area contributed by atoms with Crippen molar-refractivity contribution in [2.45, 2.75) is 6.04 Å². The van der Waals surface area contributed by atoms with Crippen LogP contribution in [0, 0.1) is 0 Å². The molecule has 6 heteroatoms. The summed E-state index contributed by atoms with van der Waals surface area (Å²) in [5.74, 6) is -1.52. The Hall–Kier alpha value is -1.04. The number of aromatic hydroxyl groups is 1. The molecule has 0 aliphatic rings. The van der Waals surface area contributed by atoms with Gasteiger partial charge in [0.1, 0.15) is 11.3 Å². The molecule has 0 aliphatic carbocycles. The molecule has 1 aromatic rings. The molecule has 88 valence electrons. The van der Waals surface area contributed by atoms with Crippen LogP contribution in [0.2, 0.25) is 0 Å². The molecule has 0 spiro atoms. The Balaban J connectivity index is 0.00000225. The molecule has 0 aliphatic heterocycles. The van der Waals surface area contributed by atoms with E-state index in [0.717, 1.165) is 0 Å². The van der Waals surface area contributed by atoms with Gasteiger partial charge in [0.2, 0.25) is 0 Å². The van der Waals surface area contributed by atoms with E-state index in [9.17, 15) is 9.90 Å². The van der Waals surface area contributed by atoms with Crippen molar-refractivity contribution in [2.24, 2.45) is 5.73 Å². The average Bonchev–Trinajstić information content (AvgIpc) is 2.19. The minimum Gasteiger partial charge on any atom is -0.507 e. The van der Waals surface area contributed by atoms with E-state index >= 15 is 0 Å². The fourth-order valence-electron chi connectivity index (χ4n) is 1.16. The van der Waals surface area contributed by atoms with Crippen LogP contribution in [0.25, 0.3) is 0 Å². The molecule has 16 heavy (non-hydrogen) atoms. The van der Waals surface area contributed by atoms with E-state index in [1.54, 1.807) is 6.07 Å². The zero-order chi connectivity index (χ0) is 11.6. The van der Waals surface area contributed by atoms with E-state index in [4.69, 9.17) is 10.8 Å². The third kappa shape index (κ3) is 2.98. The third-order valence-corrected chi connectivity index (χ3v) is 2.41. The van der Waals surface area contributed by atoms with E-state index in [1.165, 1.54) is 12.1 Å². The number of nitrogens with two attached hydrogens (primary N) is 1. The minimum absolute atomic E-state index is 0. The molecular formula is C10H11BrClNO3. The van der Waals surface area contributed by atoms with Crippen LogP contribution in [0.1, 0.15) is 22.0 Å². The summed E-state index contributed by atoms with van der Waals surface area (Å²) in [7, 11) is 0. The zero-order valence-electron chi connectivity index (χ0n) is 8.18. The normalized spacial score (nSPS) is 11.4. The van der Waals surface area contributed by atoms with Crippen molar-refractivity contribution in [3.05, 3.63) is 40.4 Å². The van der Waals surface area contributed by atoms with Crippen molar-refractivity contribution in [2.75, 3.05) is 0 Å². The molecule has 0 fully saturated rings. The summed E-state index contributed by atoms with van der Waals surface area (Å²) in [5, 5.41) is 18.5. The summed E-state index contributed by atoms with van der Waals surface area (Å²) < 4.78 is 0.546. The fraction of sp³-hybridized carbons (Fsp3) is 0.100. The van der Waals surface area contributed by atoms with Crippen LogP contribution in [0.15, 0.2) is 29.3 Å². The third-order valence-electron chi connectivity index (χ3n) is 1.95. The van der Waals surface area contributed by atoms with Gasteiger partial charge in [0.15, 0.2) is 0 Å². The van der Waals surface area contributed by atoms with E-state index in [1.807, 2.05) is 0 Å². The van der Waals surface area contributed by atoms with Crippen molar-refractivity contribution in [3.8, 4) is 5.75 Å². The first-order chi connectivity index (χ1) is 6.97. The van der Waals surface area contributed by atoms with Gasteiger partial charge >= 0.3 is 5.97 Å². The molecule has 0 heterocycles. The number of hydrogen-bond acceptors (Lipinski definition) is 3. The standard InChI is InChI=1S/C10H10BrNO3.ClH/c1-2-8(12)6-3-5(11)4-7(9(6)13)10(14)15;/h2-4,8,13H,1,12H2,(H,14,15);1H/t8-;/m0./s1. The quantitative estimate of drug-likeness (QED) is 0.749. The largest absolute Gasteiger partial charge is 0.507 e. The molecular weight excluding hydrogens is 297 g/mol. The van der Waals surface area contributed by atoms with Gasteiger partial charge in [-0.3, -0.25) is 0 Å². The lowest BCUT2D eigenvalue weighted by molar-refractivity contribution is 0.0693. The number of benzene rings is 1. The van der Waals surface area contributed by atoms with Gasteiger partial charge < -0.3 is 15.9 Å². The SMILES string of the molecule is C=C[C@H](N)c1cc(Br)cc(C(=O)O)c1O.Cl. The van der Waals surface area contributed by atoms with Crippen LogP contribution >= 0.6 is 28.3 Å². The smallest absolute Gasteiger partial charge is 0.339 e. The van der Waals surface area contributed by atoms with Gasteiger partial charge in [0.05, 0.1) is 6.04 Å². The van der Waals surface area contributed by atoms with Crippen LogP contribution in [0.5, 0.6) is 5.75 Å². The fourth-order valence-corrected chi connectivity index (χ4v) is 1.64. The molecule has 1 aromatic carbocycles. The highest BCUT2D eigenvalue weighted by atomic mass is 79.9. The topological polar surface area (TPSA) is 83.6 Å². The molecule has 1 atom stereocenters. The number of phenols is 1. The Morgan fingerprint density at radius 1 is 1.56 bits per heavy atom. The summed E-state index contributed by atoms with van der Waals surface area (Å²) in [6.07, 6.45) is 1.42. The number of carboxylic acids is 1. The van der Waals surface area contributed by atoms with Gasteiger partial charge in [-0.15, -0.1) is 19.0 Å². The number of carbonyl (C=O) groups is 1. The van der Waals surface area contributed by atoms with E-state index < -0.39 is 12.0 Å². The summed E-state index contributed by atoms with van der Waals surface area (Å²) in [6.45, 7) is 3.48. The van der Waals surface area contributed by atoms with Crippen molar-refractivity contribution < 1.29 is 15.0 Å². The Morgan fingerprint density at radius 3 is 2.56 bits per heavy atom. The minimum atomic E-state index is -1.20. The number of halogens is 2. The highest BCUT2D eigenvalue weighted by Crippen LogP contribution is 2.31. The lowest BCUT2D eigenvalue weighted by Gasteiger charge is -2.11. The number of aromatic carboxylic acids is 1. The second-order valence-electron chi connectivity index (χ2n) is 2.96. The van der Waals surface area contributed by atoms with E-state index in [-0.39, 0.29) is 23.7 Å². The molecule has 1 rings (SSSR count). The van der Waals surface area contributed by atoms with Crippen molar-refractivity contribution in [3.63, 3.8) is 0 Å². The molecule has 0 aromatic heterocycles. The molecule has 0 bridgehead atoms. The van der Waals surface area contributed by atoms with Gasteiger partial charge in [-0.05, 0) is 12.1 Å². The van der Waals surface area contributed by atoms with Crippen LogP contribution in [0.4, 0.5) is 0 Å². The van der Waals surface area contributed by atoms with Gasteiger partial charge in [-0.25, -0.2) is 4.79 Å². The Labute approximate surface area is 107 Å². The lowest BCUT2D eigenvalue weighted by Crippen LogP contribution is -2.09. The Kier molecular flexibility index (Phi) is 5.50. The molecule has 0 saturated carbocycles. The highest BCUT2D eigenvalue weighted by molar-refractivity contribution is 9.10. The first kappa shape index (κ1) is 15.0. The summed E-state index contributed by atoms with van der Waals surface area (Å²) in [6, 6.07) is 2.28. The maximum Gasteiger partial charge on any atom is 0.339 e. The second-order valence-corrected chi connectivity index (χ2v) is 3.87. The van der Waals surface area contributed by atoms with Gasteiger partial charge in [-0.1, -0.05) is 22.0 Å². The maximum atomic E-state index is 10.8. The predicted octanol–water partition coefficient (Wildman–Crippen LogP) is 2.46. The summed E-state index contributed by atoms with van der Waals surface area (Å²) >= 11 is 3.15.